The molecule has 0 aliphatic rings. The van der Waals surface area contributed by atoms with E-state index in [1.807, 2.05) is 0 Å². The van der Waals surface area contributed by atoms with Crippen LogP contribution in [0.2, 0.25) is 0 Å². The highest BCUT2D eigenvalue weighted by Gasteiger charge is 2.35. The molecule has 0 bridgehead atoms. The number of hydrogen-bond donors (Lipinski definition) is 0. The molecule has 2 aromatic rings. The van der Waals surface area contributed by atoms with Crippen molar-refractivity contribution < 1.29 is 31.8 Å². The van der Waals surface area contributed by atoms with Crippen molar-refractivity contribution in [2.75, 3.05) is 13.2 Å². The van der Waals surface area contributed by atoms with Gasteiger partial charge in [0.25, 0.3) is 9.84 Å². The Labute approximate surface area is 120 Å². The molecule has 1 unspecified atom stereocenters. The second kappa shape index (κ2) is 6.61. The Hall–Kier alpha value is -2.03. The minimum atomic E-state index is -4.13. The SMILES string of the molecule is O=[PH+]OCCOc1no[n+]([O-])c1S(=O)(=O)c1ccccc1. The van der Waals surface area contributed by atoms with E-state index in [1.54, 1.807) is 6.07 Å². The molecule has 21 heavy (non-hydrogen) atoms. The Bertz CT molecular complexity index is 716. The lowest BCUT2D eigenvalue weighted by atomic mass is 10.4. The zero-order valence-electron chi connectivity index (χ0n) is 10.5. The first-order valence-electron chi connectivity index (χ1n) is 5.59. The summed E-state index contributed by atoms with van der Waals surface area (Å²) < 4.78 is 48.6. The van der Waals surface area contributed by atoms with Crippen molar-refractivity contribution in [1.82, 2.24) is 5.16 Å². The van der Waals surface area contributed by atoms with Crippen LogP contribution in [0.15, 0.2) is 44.9 Å². The molecular weight excluding hydrogens is 323 g/mol. The van der Waals surface area contributed by atoms with E-state index in [4.69, 9.17) is 4.74 Å². The third-order valence-electron chi connectivity index (χ3n) is 2.34. The number of ether oxygens (including phenoxy) is 1. The summed E-state index contributed by atoms with van der Waals surface area (Å²) in [5.41, 5.74) is 0. The van der Waals surface area contributed by atoms with Crippen LogP contribution in [-0.4, -0.2) is 26.8 Å². The van der Waals surface area contributed by atoms with Crippen molar-refractivity contribution in [3.05, 3.63) is 35.5 Å². The molecule has 2 rings (SSSR count). The molecule has 0 saturated carbocycles. The highest BCUT2D eigenvalue weighted by Crippen LogP contribution is 2.24. The van der Waals surface area contributed by atoms with Crippen LogP contribution in [-0.2, 0) is 18.9 Å². The highest BCUT2D eigenvalue weighted by molar-refractivity contribution is 7.91. The van der Waals surface area contributed by atoms with Crippen LogP contribution < -0.4 is 9.64 Å². The fourth-order valence-corrected chi connectivity index (χ4v) is 2.92. The highest BCUT2D eigenvalue weighted by atomic mass is 32.2. The quantitative estimate of drug-likeness (QED) is 0.407. The summed E-state index contributed by atoms with van der Waals surface area (Å²) >= 11 is 0. The molecule has 11 heteroatoms. The lowest BCUT2D eigenvalue weighted by Gasteiger charge is -2.02. The number of hydrogen-bond acceptors (Lipinski definition) is 8. The number of aromatic nitrogens is 2. The fraction of sp³-hybridized carbons (Fsp3) is 0.200. The van der Waals surface area contributed by atoms with E-state index in [9.17, 15) is 18.2 Å². The summed E-state index contributed by atoms with van der Waals surface area (Å²) in [5.74, 6) is -0.480. The Morgan fingerprint density at radius 3 is 2.67 bits per heavy atom. The summed E-state index contributed by atoms with van der Waals surface area (Å²) in [5, 5.41) is 14.0. The molecule has 0 N–H and O–H groups in total. The van der Waals surface area contributed by atoms with Gasteiger partial charge in [-0.3, -0.25) is 4.63 Å². The standard InChI is InChI=1S/C10H10N2O7PS/c13-12-10(9(11-19-12)17-6-7-18-20-14)21(15,16)8-4-2-1-3-5-8/h1-5,20H,6-7H2/q+1. The first-order valence-corrected chi connectivity index (χ1v) is 7.89. The van der Waals surface area contributed by atoms with Crippen molar-refractivity contribution in [3.63, 3.8) is 0 Å². The topological polar surface area (TPSA) is 123 Å². The van der Waals surface area contributed by atoms with Gasteiger partial charge in [-0.2, -0.15) is 0 Å². The molecule has 0 amide bonds. The molecule has 9 nitrogen and oxygen atoms in total. The number of nitrogens with zero attached hydrogens (tertiary/aromatic N) is 2. The Morgan fingerprint density at radius 2 is 2.00 bits per heavy atom. The maximum absolute atomic E-state index is 12.3. The average Bonchev–Trinajstić information content (AvgIpc) is 2.86. The van der Waals surface area contributed by atoms with E-state index < -0.39 is 29.4 Å². The predicted molar refractivity (Wildman–Crippen MR) is 67.8 cm³/mol. The number of rotatable bonds is 7. The molecule has 0 spiro atoms. The van der Waals surface area contributed by atoms with Crippen molar-refractivity contribution >= 4 is 18.5 Å². The maximum atomic E-state index is 12.3. The van der Waals surface area contributed by atoms with E-state index in [0.717, 1.165) is 0 Å². The van der Waals surface area contributed by atoms with Crippen LogP contribution in [0, 0.1) is 5.21 Å². The minimum Gasteiger partial charge on any atom is -0.452 e. The third kappa shape index (κ3) is 3.35. The predicted octanol–water partition coefficient (Wildman–Crippen LogP) is 0.475. The largest absolute Gasteiger partial charge is 0.494 e. The van der Waals surface area contributed by atoms with Gasteiger partial charge in [0.1, 0.15) is 13.2 Å². The molecule has 1 aromatic heterocycles. The molecule has 0 saturated heterocycles. The van der Waals surface area contributed by atoms with Gasteiger partial charge in [-0.15, -0.1) is 4.52 Å². The summed E-state index contributed by atoms with van der Waals surface area (Å²) in [7, 11) is -5.10. The molecule has 0 aliphatic heterocycles. The molecule has 0 radical (unpaired) electrons. The van der Waals surface area contributed by atoms with Crippen molar-refractivity contribution in [3.8, 4) is 5.88 Å². The van der Waals surface area contributed by atoms with Gasteiger partial charge in [0, 0.05) is 0 Å². The van der Waals surface area contributed by atoms with Gasteiger partial charge in [-0.05, 0) is 21.6 Å². The smallest absolute Gasteiger partial charge is 0.452 e. The Balaban J connectivity index is 2.31. The average molecular weight is 333 g/mol. The monoisotopic (exact) mass is 333 g/mol. The Morgan fingerprint density at radius 1 is 1.29 bits per heavy atom. The molecule has 0 aliphatic carbocycles. The molecule has 1 heterocycles. The minimum absolute atomic E-state index is 0.0571. The van der Waals surface area contributed by atoms with Crippen LogP contribution >= 0.6 is 8.69 Å². The van der Waals surface area contributed by atoms with E-state index in [-0.39, 0.29) is 23.0 Å². The first-order chi connectivity index (χ1) is 10.1. The van der Waals surface area contributed by atoms with Crippen LogP contribution in [0.3, 0.4) is 0 Å². The summed E-state index contributed by atoms with van der Waals surface area (Å²) in [6.45, 7) is -0.197. The van der Waals surface area contributed by atoms with Crippen LogP contribution in [0.4, 0.5) is 0 Å². The third-order valence-corrected chi connectivity index (χ3v) is 4.39. The van der Waals surface area contributed by atoms with E-state index in [0.29, 0.717) is 0 Å². The van der Waals surface area contributed by atoms with E-state index in [2.05, 4.69) is 14.3 Å². The van der Waals surface area contributed by atoms with Crippen molar-refractivity contribution in [1.29, 1.82) is 0 Å². The van der Waals surface area contributed by atoms with Crippen LogP contribution in [0.1, 0.15) is 0 Å². The lowest BCUT2D eigenvalue weighted by Crippen LogP contribution is -2.31. The second-order valence-electron chi connectivity index (χ2n) is 3.64. The molecule has 1 atom stereocenters. The van der Waals surface area contributed by atoms with Gasteiger partial charge in [-0.25, -0.2) is 8.42 Å². The van der Waals surface area contributed by atoms with Crippen molar-refractivity contribution in [2.24, 2.45) is 0 Å². The molecule has 0 fully saturated rings. The number of benzene rings is 1. The first kappa shape index (κ1) is 15.4. The molecule has 1 aromatic carbocycles. The van der Waals surface area contributed by atoms with Crippen molar-refractivity contribution in [2.45, 2.75) is 9.92 Å². The van der Waals surface area contributed by atoms with E-state index in [1.165, 1.54) is 24.3 Å². The van der Waals surface area contributed by atoms with Crippen LogP contribution in [0.5, 0.6) is 5.88 Å². The molecular formula is C10H10N2O7PS+. The second-order valence-corrected chi connectivity index (χ2v) is 5.96. The molecule has 112 valence electrons. The Kier molecular flexibility index (Phi) is 4.84. The van der Waals surface area contributed by atoms with Gasteiger partial charge in [0.05, 0.1) is 10.1 Å². The summed E-state index contributed by atoms with van der Waals surface area (Å²) in [6, 6.07) is 7.32. The zero-order chi connectivity index (χ0) is 15.3. The summed E-state index contributed by atoms with van der Waals surface area (Å²) in [6.07, 6.45) is 0. The normalized spacial score (nSPS) is 11.6. The zero-order valence-corrected chi connectivity index (χ0v) is 12.3. The van der Waals surface area contributed by atoms with Gasteiger partial charge in [-0.1, -0.05) is 18.2 Å². The van der Waals surface area contributed by atoms with Gasteiger partial charge >= 0.3 is 19.6 Å². The number of sulfone groups is 1. The van der Waals surface area contributed by atoms with Gasteiger partial charge in [0.15, 0.2) is 0 Å². The van der Waals surface area contributed by atoms with Gasteiger partial charge in [0.2, 0.25) is 0 Å². The van der Waals surface area contributed by atoms with Crippen LogP contribution in [0.25, 0.3) is 0 Å². The maximum Gasteiger partial charge on any atom is 0.494 e. The van der Waals surface area contributed by atoms with Gasteiger partial charge < -0.3 is 9.94 Å². The van der Waals surface area contributed by atoms with E-state index >= 15 is 0 Å². The lowest BCUT2D eigenvalue weighted by molar-refractivity contribution is -0.832. The fourth-order valence-electron chi connectivity index (χ4n) is 1.46. The summed E-state index contributed by atoms with van der Waals surface area (Å²) in [4.78, 5) is -0.339.